The van der Waals surface area contributed by atoms with Gasteiger partial charge in [-0.3, -0.25) is 0 Å². The molecule has 1 fully saturated rings. The number of aromatic nitrogens is 2. The molecule has 0 amide bonds. The molecule has 6 heteroatoms. The molecule has 1 unspecified atom stereocenters. The number of anilines is 1. The highest BCUT2D eigenvalue weighted by Gasteiger charge is 2.24. The Morgan fingerprint density at radius 1 is 1.56 bits per heavy atom. The van der Waals surface area contributed by atoms with Gasteiger partial charge in [0.25, 0.3) is 0 Å². The monoisotopic (exact) mass is 305 g/mol. The molecule has 0 saturated carbocycles. The minimum absolute atomic E-state index is 0.135. The Kier molecular flexibility index (Phi) is 4.00. The molecule has 1 saturated heterocycles. The van der Waals surface area contributed by atoms with E-state index in [9.17, 15) is 5.11 Å². The first-order valence-electron chi connectivity index (χ1n) is 5.28. The van der Waals surface area contributed by atoms with Gasteiger partial charge in [0.05, 0.1) is 17.1 Å². The van der Waals surface area contributed by atoms with Gasteiger partial charge in [0.15, 0.2) is 0 Å². The second-order valence-corrected chi connectivity index (χ2v) is 5.03. The van der Waals surface area contributed by atoms with Crippen LogP contribution in [0, 0.1) is 0 Å². The quantitative estimate of drug-likeness (QED) is 0.851. The van der Waals surface area contributed by atoms with Crippen LogP contribution in [0.25, 0.3) is 0 Å². The highest BCUT2D eigenvalue weighted by atomic mass is 79.9. The second kappa shape index (κ2) is 5.29. The van der Waals surface area contributed by atoms with E-state index in [1.165, 1.54) is 0 Å². The molecule has 2 heterocycles. The topological polar surface area (TPSA) is 49.2 Å². The van der Waals surface area contributed by atoms with Gasteiger partial charge in [-0.25, -0.2) is 4.98 Å². The molecule has 4 nitrogen and oxygen atoms in total. The van der Waals surface area contributed by atoms with E-state index in [-0.39, 0.29) is 17.9 Å². The van der Waals surface area contributed by atoms with E-state index in [1.54, 1.807) is 6.20 Å². The first kappa shape index (κ1) is 12.1. The van der Waals surface area contributed by atoms with Crippen LogP contribution in [0.3, 0.4) is 0 Å². The first-order valence-corrected chi connectivity index (χ1v) is 6.45. The zero-order valence-electron chi connectivity index (χ0n) is 8.74. The van der Waals surface area contributed by atoms with Crippen LogP contribution >= 0.6 is 27.5 Å². The molecule has 0 aliphatic carbocycles. The summed E-state index contributed by atoms with van der Waals surface area (Å²) in [5, 5.41) is 9.59. The SMILES string of the molecule is OCC1CCCCN1c1nc(Cl)ncc1Br. The lowest BCUT2D eigenvalue weighted by molar-refractivity contribution is 0.239. The zero-order valence-corrected chi connectivity index (χ0v) is 11.1. The molecule has 1 aromatic rings. The van der Waals surface area contributed by atoms with Crippen LogP contribution in [0.15, 0.2) is 10.7 Å². The second-order valence-electron chi connectivity index (χ2n) is 3.84. The van der Waals surface area contributed by atoms with Crippen molar-refractivity contribution in [1.29, 1.82) is 0 Å². The van der Waals surface area contributed by atoms with Gasteiger partial charge in [-0.1, -0.05) is 0 Å². The molecule has 16 heavy (non-hydrogen) atoms. The van der Waals surface area contributed by atoms with E-state index >= 15 is 0 Å². The van der Waals surface area contributed by atoms with Crippen LogP contribution < -0.4 is 4.90 Å². The van der Waals surface area contributed by atoms with Crippen molar-refractivity contribution in [2.24, 2.45) is 0 Å². The van der Waals surface area contributed by atoms with Crippen molar-refractivity contribution in [2.75, 3.05) is 18.1 Å². The van der Waals surface area contributed by atoms with Gasteiger partial charge in [0.2, 0.25) is 5.28 Å². The minimum Gasteiger partial charge on any atom is -0.394 e. The van der Waals surface area contributed by atoms with Crippen LogP contribution in [-0.2, 0) is 0 Å². The number of halogens is 2. The fraction of sp³-hybridized carbons (Fsp3) is 0.600. The number of nitrogens with zero attached hydrogens (tertiary/aromatic N) is 3. The summed E-state index contributed by atoms with van der Waals surface area (Å²) in [5.74, 6) is 0.777. The van der Waals surface area contributed by atoms with E-state index < -0.39 is 0 Å². The van der Waals surface area contributed by atoms with Crippen molar-refractivity contribution in [2.45, 2.75) is 25.3 Å². The molecule has 1 N–H and O–H groups in total. The molecule has 1 atom stereocenters. The van der Waals surface area contributed by atoms with Crippen molar-refractivity contribution >= 4 is 33.3 Å². The summed E-state index contributed by atoms with van der Waals surface area (Å²) in [7, 11) is 0. The summed E-state index contributed by atoms with van der Waals surface area (Å²) >= 11 is 9.21. The van der Waals surface area contributed by atoms with E-state index in [0.717, 1.165) is 36.1 Å². The number of hydrogen-bond acceptors (Lipinski definition) is 4. The summed E-state index contributed by atoms with van der Waals surface area (Å²) in [6.07, 6.45) is 4.90. The number of piperidine rings is 1. The number of hydrogen-bond donors (Lipinski definition) is 1. The molecule has 1 aromatic heterocycles. The van der Waals surface area contributed by atoms with Gasteiger partial charge in [0, 0.05) is 12.7 Å². The Hall–Kier alpha value is -0.390. The summed E-state index contributed by atoms with van der Waals surface area (Å²) in [4.78, 5) is 10.2. The lowest BCUT2D eigenvalue weighted by atomic mass is 10.0. The van der Waals surface area contributed by atoms with Crippen molar-refractivity contribution in [1.82, 2.24) is 9.97 Å². The lowest BCUT2D eigenvalue weighted by Gasteiger charge is -2.35. The Labute approximate surface area is 108 Å². The average Bonchev–Trinajstić information content (AvgIpc) is 2.32. The first-order chi connectivity index (χ1) is 7.72. The Morgan fingerprint density at radius 2 is 2.38 bits per heavy atom. The number of aliphatic hydroxyl groups excluding tert-OH is 1. The molecule has 0 spiro atoms. The molecular formula is C10H13BrClN3O. The molecule has 0 aromatic carbocycles. The van der Waals surface area contributed by atoms with Crippen molar-refractivity contribution in [3.8, 4) is 0 Å². The predicted octanol–water partition coefficient (Wildman–Crippen LogP) is 2.24. The third-order valence-electron chi connectivity index (χ3n) is 2.81. The highest BCUT2D eigenvalue weighted by Crippen LogP contribution is 2.29. The number of aliphatic hydroxyl groups is 1. The summed E-state index contributed by atoms with van der Waals surface area (Å²) in [5.41, 5.74) is 0. The zero-order chi connectivity index (χ0) is 11.5. The van der Waals surface area contributed by atoms with Crippen LogP contribution in [0.4, 0.5) is 5.82 Å². The van der Waals surface area contributed by atoms with Crippen LogP contribution in [0.5, 0.6) is 0 Å². The van der Waals surface area contributed by atoms with Crippen molar-refractivity contribution < 1.29 is 5.11 Å². The van der Waals surface area contributed by atoms with Gasteiger partial charge >= 0.3 is 0 Å². The van der Waals surface area contributed by atoms with E-state index in [2.05, 4.69) is 30.8 Å². The third kappa shape index (κ3) is 2.47. The van der Waals surface area contributed by atoms with Crippen molar-refractivity contribution in [3.05, 3.63) is 16.0 Å². The van der Waals surface area contributed by atoms with Crippen LogP contribution in [0.2, 0.25) is 5.28 Å². The Balaban J connectivity index is 2.30. The normalized spacial score (nSPS) is 21.2. The average molecular weight is 307 g/mol. The fourth-order valence-corrected chi connectivity index (χ4v) is 2.56. The van der Waals surface area contributed by atoms with E-state index in [1.807, 2.05) is 0 Å². The van der Waals surface area contributed by atoms with Gasteiger partial charge in [-0.15, -0.1) is 0 Å². The molecule has 88 valence electrons. The predicted molar refractivity (Wildman–Crippen MR) is 66.8 cm³/mol. The highest BCUT2D eigenvalue weighted by molar-refractivity contribution is 9.10. The molecule has 2 rings (SSSR count). The lowest BCUT2D eigenvalue weighted by Crippen LogP contribution is -2.42. The third-order valence-corrected chi connectivity index (χ3v) is 3.55. The van der Waals surface area contributed by atoms with Gasteiger partial charge in [-0.05, 0) is 46.8 Å². The van der Waals surface area contributed by atoms with Gasteiger partial charge < -0.3 is 10.0 Å². The van der Waals surface area contributed by atoms with Gasteiger partial charge in [-0.2, -0.15) is 4.98 Å². The Bertz CT molecular complexity index is 377. The smallest absolute Gasteiger partial charge is 0.224 e. The van der Waals surface area contributed by atoms with E-state index in [4.69, 9.17) is 11.6 Å². The molecular weight excluding hydrogens is 293 g/mol. The standard InChI is InChI=1S/C10H13BrClN3O/c11-8-5-13-10(12)14-9(8)15-4-2-1-3-7(15)6-16/h5,7,16H,1-4,6H2. The minimum atomic E-state index is 0.135. The van der Waals surface area contributed by atoms with Crippen LogP contribution in [0.1, 0.15) is 19.3 Å². The van der Waals surface area contributed by atoms with E-state index in [0.29, 0.717) is 0 Å². The maximum atomic E-state index is 9.35. The molecule has 1 aliphatic rings. The van der Waals surface area contributed by atoms with Crippen LogP contribution in [-0.4, -0.2) is 34.3 Å². The fourth-order valence-electron chi connectivity index (χ4n) is 2.01. The largest absolute Gasteiger partial charge is 0.394 e. The molecule has 0 bridgehead atoms. The maximum absolute atomic E-state index is 9.35. The molecule has 1 aliphatic heterocycles. The maximum Gasteiger partial charge on any atom is 0.224 e. The summed E-state index contributed by atoms with van der Waals surface area (Å²) in [6.45, 7) is 1.05. The number of rotatable bonds is 2. The summed E-state index contributed by atoms with van der Waals surface area (Å²) < 4.78 is 0.817. The molecule has 0 radical (unpaired) electrons. The van der Waals surface area contributed by atoms with Gasteiger partial charge in [0.1, 0.15) is 5.82 Å². The Morgan fingerprint density at radius 3 is 3.12 bits per heavy atom. The van der Waals surface area contributed by atoms with Crippen molar-refractivity contribution in [3.63, 3.8) is 0 Å². The summed E-state index contributed by atoms with van der Waals surface area (Å²) in [6, 6.07) is 0.135.